The molecule has 3 aromatic rings. The molecule has 0 aliphatic carbocycles. The fraction of sp³-hybridized carbons (Fsp3) is 0.375. The Morgan fingerprint density at radius 3 is 2.75 bits per heavy atom. The average Bonchev–Trinajstić information content (AvgIpc) is 2.91. The Labute approximate surface area is 117 Å². The molecular weight excluding hydrogens is 250 g/mol. The monoisotopic (exact) mass is 269 g/mol. The third-order valence-electron chi connectivity index (χ3n) is 3.81. The van der Waals surface area contributed by atoms with Crippen molar-refractivity contribution in [2.24, 2.45) is 0 Å². The Balaban J connectivity index is 2.43. The van der Waals surface area contributed by atoms with E-state index in [4.69, 9.17) is 0 Å². The average molecular weight is 269 g/mol. The number of unbranched alkanes of at least 4 members (excludes halogenated alkanes) is 1. The Hall–Kier alpha value is -2.10. The van der Waals surface area contributed by atoms with E-state index in [0.717, 1.165) is 47.9 Å². The van der Waals surface area contributed by atoms with E-state index in [1.54, 1.807) is 6.33 Å². The zero-order valence-corrected chi connectivity index (χ0v) is 12.0. The molecule has 3 rings (SSSR count). The lowest BCUT2D eigenvalue weighted by molar-refractivity contribution is 0.632. The summed E-state index contributed by atoms with van der Waals surface area (Å²) in [6, 6.07) is 8.04. The smallest absolute Gasteiger partial charge is 0.277 e. The van der Waals surface area contributed by atoms with Crippen molar-refractivity contribution >= 4 is 21.9 Å². The van der Waals surface area contributed by atoms with Gasteiger partial charge in [-0.25, -0.2) is 4.98 Å². The second-order valence-electron chi connectivity index (χ2n) is 5.06. The van der Waals surface area contributed by atoms with E-state index in [0.29, 0.717) is 0 Å². The van der Waals surface area contributed by atoms with Crippen molar-refractivity contribution in [1.82, 2.24) is 14.1 Å². The Bertz CT molecular complexity index is 814. The lowest BCUT2D eigenvalue weighted by atomic mass is 10.1. The van der Waals surface area contributed by atoms with Gasteiger partial charge in [0.05, 0.1) is 11.8 Å². The van der Waals surface area contributed by atoms with Crippen LogP contribution in [-0.4, -0.2) is 14.1 Å². The van der Waals surface area contributed by atoms with Crippen molar-refractivity contribution in [3.63, 3.8) is 0 Å². The highest BCUT2D eigenvalue weighted by molar-refractivity contribution is 6.02. The summed E-state index contributed by atoms with van der Waals surface area (Å²) in [5.74, 6) is 0. The van der Waals surface area contributed by atoms with Crippen LogP contribution >= 0.6 is 0 Å². The van der Waals surface area contributed by atoms with Crippen molar-refractivity contribution in [1.29, 1.82) is 0 Å². The second kappa shape index (κ2) is 5.12. The highest BCUT2D eigenvalue weighted by Gasteiger charge is 2.14. The summed E-state index contributed by atoms with van der Waals surface area (Å²) in [6.45, 7) is 5.70. The molecule has 4 nitrogen and oxygen atoms in total. The number of aromatic nitrogens is 3. The summed E-state index contributed by atoms with van der Waals surface area (Å²) >= 11 is 0. The maximum Gasteiger partial charge on any atom is 0.277 e. The fourth-order valence-corrected chi connectivity index (χ4v) is 2.73. The van der Waals surface area contributed by atoms with Gasteiger partial charge in [-0.05, 0) is 19.4 Å². The molecule has 2 aromatic heterocycles. The summed E-state index contributed by atoms with van der Waals surface area (Å²) in [5, 5.41) is 1.06. The molecule has 0 fully saturated rings. The van der Waals surface area contributed by atoms with Crippen LogP contribution in [0, 0.1) is 0 Å². The topological polar surface area (TPSA) is 39.8 Å². The molecule has 0 atom stereocenters. The van der Waals surface area contributed by atoms with E-state index in [9.17, 15) is 4.79 Å². The minimum Gasteiger partial charge on any atom is -0.326 e. The summed E-state index contributed by atoms with van der Waals surface area (Å²) in [7, 11) is 0. The number of fused-ring (bicyclic) bond motifs is 3. The van der Waals surface area contributed by atoms with E-state index in [1.807, 2.05) is 40.3 Å². The first-order valence-corrected chi connectivity index (χ1v) is 7.24. The fourth-order valence-electron chi connectivity index (χ4n) is 2.73. The van der Waals surface area contributed by atoms with E-state index in [2.05, 4.69) is 11.9 Å². The van der Waals surface area contributed by atoms with Crippen LogP contribution in [-0.2, 0) is 13.1 Å². The second-order valence-corrected chi connectivity index (χ2v) is 5.06. The molecule has 0 radical (unpaired) electrons. The Kier molecular flexibility index (Phi) is 3.30. The van der Waals surface area contributed by atoms with Gasteiger partial charge in [-0.1, -0.05) is 31.5 Å². The van der Waals surface area contributed by atoms with Crippen molar-refractivity contribution in [2.45, 2.75) is 39.8 Å². The molecular formula is C16H19N3O. The maximum atomic E-state index is 12.8. The molecule has 0 spiro atoms. The number of pyridine rings is 1. The van der Waals surface area contributed by atoms with Gasteiger partial charge in [0.25, 0.3) is 5.56 Å². The van der Waals surface area contributed by atoms with Crippen LogP contribution in [0.5, 0.6) is 0 Å². The van der Waals surface area contributed by atoms with Gasteiger partial charge in [-0.15, -0.1) is 0 Å². The van der Waals surface area contributed by atoms with Crippen molar-refractivity contribution < 1.29 is 0 Å². The van der Waals surface area contributed by atoms with Crippen LogP contribution in [0.3, 0.4) is 0 Å². The standard InChI is InChI=1S/C16H19N3O/c1-3-5-10-19-13-9-7-6-8-12(13)14-15(16(19)20)18(4-2)11-17-14/h6-9,11H,3-5,10H2,1-2H3. The molecule has 1 aromatic carbocycles. The number of hydrogen-bond acceptors (Lipinski definition) is 2. The normalized spacial score (nSPS) is 11.5. The zero-order chi connectivity index (χ0) is 14.1. The largest absolute Gasteiger partial charge is 0.326 e. The minimum absolute atomic E-state index is 0.0755. The molecule has 0 aliphatic heterocycles. The Morgan fingerprint density at radius 2 is 2.00 bits per heavy atom. The number of para-hydroxylation sites is 1. The maximum absolute atomic E-state index is 12.8. The summed E-state index contributed by atoms with van der Waals surface area (Å²) in [5.41, 5.74) is 2.61. The molecule has 0 bridgehead atoms. The van der Waals surface area contributed by atoms with Crippen LogP contribution in [0.2, 0.25) is 0 Å². The summed E-state index contributed by atoms with van der Waals surface area (Å²) in [4.78, 5) is 17.2. The summed E-state index contributed by atoms with van der Waals surface area (Å²) < 4.78 is 3.83. The first kappa shape index (κ1) is 12.9. The number of nitrogens with zero attached hydrogens (tertiary/aromatic N) is 3. The first-order valence-electron chi connectivity index (χ1n) is 7.24. The molecule has 4 heteroatoms. The molecule has 0 N–H and O–H groups in total. The van der Waals surface area contributed by atoms with Crippen LogP contribution in [0.25, 0.3) is 21.9 Å². The van der Waals surface area contributed by atoms with Gasteiger partial charge in [-0.2, -0.15) is 0 Å². The Morgan fingerprint density at radius 1 is 1.20 bits per heavy atom. The van der Waals surface area contributed by atoms with Crippen LogP contribution < -0.4 is 5.56 Å². The third kappa shape index (κ3) is 1.83. The van der Waals surface area contributed by atoms with Gasteiger partial charge in [0.2, 0.25) is 0 Å². The number of benzene rings is 1. The van der Waals surface area contributed by atoms with E-state index in [-0.39, 0.29) is 5.56 Å². The highest BCUT2D eigenvalue weighted by Crippen LogP contribution is 2.21. The van der Waals surface area contributed by atoms with E-state index >= 15 is 0 Å². The molecule has 0 amide bonds. The highest BCUT2D eigenvalue weighted by atomic mass is 16.1. The van der Waals surface area contributed by atoms with Gasteiger partial charge in [0.15, 0.2) is 0 Å². The quantitative estimate of drug-likeness (QED) is 0.730. The van der Waals surface area contributed by atoms with Gasteiger partial charge in [0, 0.05) is 18.5 Å². The van der Waals surface area contributed by atoms with Gasteiger partial charge in [-0.3, -0.25) is 4.79 Å². The number of hydrogen-bond donors (Lipinski definition) is 0. The van der Waals surface area contributed by atoms with Crippen LogP contribution in [0.4, 0.5) is 0 Å². The number of imidazole rings is 1. The molecule has 0 saturated carbocycles. The van der Waals surface area contributed by atoms with Crippen molar-refractivity contribution in [3.8, 4) is 0 Å². The van der Waals surface area contributed by atoms with Gasteiger partial charge < -0.3 is 9.13 Å². The third-order valence-corrected chi connectivity index (χ3v) is 3.81. The van der Waals surface area contributed by atoms with E-state index < -0.39 is 0 Å². The molecule has 104 valence electrons. The molecule has 2 heterocycles. The number of aryl methyl sites for hydroxylation is 2. The minimum atomic E-state index is 0.0755. The zero-order valence-electron chi connectivity index (χ0n) is 12.0. The molecule has 0 saturated heterocycles. The first-order chi connectivity index (χ1) is 9.77. The van der Waals surface area contributed by atoms with Crippen molar-refractivity contribution in [2.75, 3.05) is 0 Å². The SMILES string of the molecule is CCCCn1c(=O)c2c(ncn2CC)c2ccccc21. The lowest BCUT2D eigenvalue weighted by Gasteiger charge is -2.11. The van der Waals surface area contributed by atoms with E-state index in [1.165, 1.54) is 0 Å². The predicted octanol–water partition coefficient (Wildman–Crippen LogP) is 3.17. The van der Waals surface area contributed by atoms with Crippen LogP contribution in [0.1, 0.15) is 26.7 Å². The molecule has 0 aliphatic rings. The molecule has 20 heavy (non-hydrogen) atoms. The van der Waals surface area contributed by atoms with Crippen molar-refractivity contribution in [3.05, 3.63) is 40.9 Å². The van der Waals surface area contributed by atoms with Crippen LogP contribution in [0.15, 0.2) is 35.4 Å². The van der Waals surface area contributed by atoms with Gasteiger partial charge >= 0.3 is 0 Å². The van der Waals surface area contributed by atoms with Gasteiger partial charge in [0.1, 0.15) is 11.0 Å². The lowest BCUT2D eigenvalue weighted by Crippen LogP contribution is -2.22. The predicted molar refractivity (Wildman–Crippen MR) is 82.1 cm³/mol. The molecule has 0 unspecified atom stereocenters. The summed E-state index contributed by atoms with van der Waals surface area (Å²) in [6.07, 6.45) is 3.85. The number of rotatable bonds is 4.